The maximum absolute atomic E-state index is 5.75. The maximum atomic E-state index is 5.75. The van der Waals surface area contributed by atoms with Gasteiger partial charge in [-0.1, -0.05) is 20.3 Å². The summed E-state index contributed by atoms with van der Waals surface area (Å²) in [6.45, 7) is 4.71. The van der Waals surface area contributed by atoms with Crippen LogP contribution in [0.15, 0.2) is 12.3 Å². The van der Waals surface area contributed by atoms with Crippen LogP contribution in [-0.2, 0) is 7.05 Å². The Morgan fingerprint density at radius 2 is 2.18 bits per heavy atom. The molecule has 4 atom stereocenters. The van der Waals surface area contributed by atoms with Gasteiger partial charge < -0.3 is 0 Å². The molecule has 2 rings (SSSR count). The fourth-order valence-corrected chi connectivity index (χ4v) is 3.04. The van der Waals surface area contributed by atoms with Crippen LogP contribution < -0.4 is 11.3 Å². The monoisotopic (exact) mass is 236 g/mol. The Morgan fingerprint density at radius 1 is 1.41 bits per heavy atom. The summed E-state index contributed by atoms with van der Waals surface area (Å²) in [7, 11) is 1.98. The standard InChI is InChI=1S/C13H24N4/c1-9-4-5-11(8-10(9)2)13(16-14)12-6-7-15-17(12)3/h6-7,9-11,13,16H,4-5,8,14H2,1-3H3. The molecular weight excluding hydrogens is 212 g/mol. The highest BCUT2D eigenvalue weighted by Gasteiger charge is 2.31. The summed E-state index contributed by atoms with van der Waals surface area (Å²) in [6, 6.07) is 2.30. The molecule has 1 aromatic heterocycles. The lowest BCUT2D eigenvalue weighted by molar-refractivity contribution is 0.168. The van der Waals surface area contributed by atoms with E-state index in [1.807, 2.05) is 17.9 Å². The summed E-state index contributed by atoms with van der Waals surface area (Å²) >= 11 is 0. The van der Waals surface area contributed by atoms with E-state index in [9.17, 15) is 0 Å². The molecule has 0 aliphatic heterocycles. The zero-order chi connectivity index (χ0) is 12.4. The highest BCUT2D eigenvalue weighted by molar-refractivity contribution is 5.08. The van der Waals surface area contributed by atoms with Crippen LogP contribution in [0.1, 0.15) is 44.8 Å². The summed E-state index contributed by atoms with van der Waals surface area (Å²) in [5.41, 5.74) is 4.18. The van der Waals surface area contributed by atoms with E-state index in [2.05, 4.69) is 30.4 Å². The second kappa shape index (κ2) is 5.19. The van der Waals surface area contributed by atoms with Crippen LogP contribution in [0, 0.1) is 17.8 Å². The summed E-state index contributed by atoms with van der Waals surface area (Å²) < 4.78 is 1.92. The minimum Gasteiger partial charge on any atom is -0.271 e. The molecule has 0 bridgehead atoms. The molecule has 3 N–H and O–H groups in total. The first-order valence-electron chi connectivity index (χ1n) is 6.57. The lowest BCUT2D eigenvalue weighted by Crippen LogP contribution is -2.37. The maximum Gasteiger partial charge on any atom is 0.0657 e. The van der Waals surface area contributed by atoms with E-state index in [4.69, 9.17) is 5.84 Å². The average molecular weight is 236 g/mol. The molecule has 1 aromatic rings. The van der Waals surface area contributed by atoms with Gasteiger partial charge in [0, 0.05) is 13.2 Å². The van der Waals surface area contributed by atoms with Crippen molar-refractivity contribution in [2.75, 3.05) is 0 Å². The van der Waals surface area contributed by atoms with E-state index >= 15 is 0 Å². The van der Waals surface area contributed by atoms with Crippen molar-refractivity contribution in [1.82, 2.24) is 15.2 Å². The van der Waals surface area contributed by atoms with Gasteiger partial charge in [0.2, 0.25) is 0 Å². The Balaban J connectivity index is 2.12. The lowest BCUT2D eigenvalue weighted by atomic mass is 9.73. The van der Waals surface area contributed by atoms with E-state index < -0.39 is 0 Å². The molecule has 0 aromatic carbocycles. The quantitative estimate of drug-likeness (QED) is 0.623. The number of aryl methyl sites for hydroxylation is 1. The Hall–Kier alpha value is -0.870. The van der Waals surface area contributed by atoms with Crippen molar-refractivity contribution < 1.29 is 0 Å². The molecule has 0 saturated heterocycles. The third-order valence-corrected chi connectivity index (χ3v) is 4.47. The highest BCUT2D eigenvalue weighted by atomic mass is 15.3. The number of aromatic nitrogens is 2. The molecule has 1 saturated carbocycles. The molecule has 0 radical (unpaired) electrons. The molecule has 4 unspecified atom stereocenters. The lowest BCUT2D eigenvalue weighted by Gasteiger charge is -2.36. The van der Waals surface area contributed by atoms with Crippen molar-refractivity contribution in [3.05, 3.63) is 18.0 Å². The Kier molecular flexibility index (Phi) is 3.84. The number of nitrogens with two attached hydrogens (primary N) is 1. The van der Waals surface area contributed by atoms with Crippen LogP contribution >= 0.6 is 0 Å². The van der Waals surface area contributed by atoms with Crippen molar-refractivity contribution in [2.45, 2.75) is 39.2 Å². The van der Waals surface area contributed by atoms with Crippen LogP contribution in [0.25, 0.3) is 0 Å². The van der Waals surface area contributed by atoms with E-state index in [0.717, 1.165) is 11.8 Å². The number of hydrazine groups is 1. The number of nitrogens with one attached hydrogen (secondary N) is 1. The van der Waals surface area contributed by atoms with Crippen molar-refractivity contribution in [2.24, 2.45) is 30.6 Å². The topological polar surface area (TPSA) is 55.9 Å². The van der Waals surface area contributed by atoms with Crippen LogP contribution in [0.4, 0.5) is 0 Å². The van der Waals surface area contributed by atoms with Gasteiger partial charge in [-0.3, -0.25) is 16.0 Å². The van der Waals surface area contributed by atoms with Crippen molar-refractivity contribution in [1.29, 1.82) is 0 Å². The van der Waals surface area contributed by atoms with Crippen LogP contribution in [0.5, 0.6) is 0 Å². The van der Waals surface area contributed by atoms with E-state index in [1.165, 1.54) is 25.0 Å². The van der Waals surface area contributed by atoms with Gasteiger partial charge in [0.05, 0.1) is 11.7 Å². The first kappa shape index (κ1) is 12.6. The van der Waals surface area contributed by atoms with E-state index in [-0.39, 0.29) is 6.04 Å². The zero-order valence-electron chi connectivity index (χ0n) is 11.1. The molecule has 4 nitrogen and oxygen atoms in total. The molecule has 1 fully saturated rings. The summed E-state index contributed by atoms with van der Waals surface area (Å²) in [6.07, 6.45) is 5.66. The van der Waals surface area contributed by atoms with Crippen molar-refractivity contribution >= 4 is 0 Å². The van der Waals surface area contributed by atoms with Gasteiger partial charge in [0.25, 0.3) is 0 Å². The first-order chi connectivity index (χ1) is 8.13. The summed E-state index contributed by atoms with van der Waals surface area (Å²) in [4.78, 5) is 0. The van der Waals surface area contributed by atoms with Gasteiger partial charge in [-0.2, -0.15) is 5.10 Å². The molecule has 96 valence electrons. The zero-order valence-corrected chi connectivity index (χ0v) is 11.1. The van der Waals surface area contributed by atoms with Gasteiger partial charge >= 0.3 is 0 Å². The summed E-state index contributed by atoms with van der Waals surface area (Å²) in [5, 5.41) is 4.24. The van der Waals surface area contributed by atoms with Crippen molar-refractivity contribution in [3.63, 3.8) is 0 Å². The fourth-order valence-electron chi connectivity index (χ4n) is 3.04. The summed E-state index contributed by atoms with van der Waals surface area (Å²) in [5.74, 6) is 8.01. The van der Waals surface area contributed by atoms with Crippen LogP contribution in [0.3, 0.4) is 0 Å². The molecule has 1 aliphatic carbocycles. The molecule has 1 heterocycles. The van der Waals surface area contributed by atoms with E-state index in [1.54, 1.807) is 0 Å². The second-order valence-corrected chi connectivity index (χ2v) is 5.55. The SMILES string of the molecule is CC1CCC(C(NN)c2ccnn2C)CC1C. The van der Waals surface area contributed by atoms with Gasteiger partial charge in [-0.25, -0.2) is 0 Å². The Bertz CT molecular complexity index is 360. The van der Waals surface area contributed by atoms with Gasteiger partial charge in [-0.05, 0) is 36.7 Å². The number of hydrogen-bond acceptors (Lipinski definition) is 3. The minimum atomic E-state index is 0.234. The number of rotatable bonds is 3. The fraction of sp³-hybridized carbons (Fsp3) is 0.769. The third kappa shape index (κ3) is 2.53. The number of hydrogen-bond donors (Lipinski definition) is 2. The Morgan fingerprint density at radius 3 is 2.71 bits per heavy atom. The van der Waals surface area contributed by atoms with Crippen molar-refractivity contribution in [3.8, 4) is 0 Å². The van der Waals surface area contributed by atoms with Gasteiger partial charge in [-0.15, -0.1) is 0 Å². The Labute approximate surface area is 104 Å². The third-order valence-electron chi connectivity index (χ3n) is 4.47. The molecule has 0 amide bonds. The normalized spacial score (nSPS) is 31.4. The molecule has 0 spiro atoms. The largest absolute Gasteiger partial charge is 0.271 e. The molecule has 1 aliphatic rings. The predicted molar refractivity (Wildman–Crippen MR) is 68.9 cm³/mol. The minimum absolute atomic E-state index is 0.234. The molecular formula is C13H24N4. The smallest absolute Gasteiger partial charge is 0.0657 e. The van der Waals surface area contributed by atoms with Crippen LogP contribution in [-0.4, -0.2) is 9.78 Å². The average Bonchev–Trinajstić information content (AvgIpc) is 2.71. The predicted octanol–water partition coefficient (Wildman–Crippen LogP) is 2.00. The highest BCUT2D eigenvalue weighted by Crippen LogP contribution is 2.39. The molecule has 17 heavy (non-hydrogen) atoms. The van der Waals surface area contributed by atoms with Crippen LogP contribution in [0.2, 0.25) is 0 Å². The van der Waals surface area contributed by atoms with E-state index in [0.29, 0.717) is 5.92 Å². The molecule has 4 heteroatoms. The second-order valence-electron chi connectivity index (χ2n) is 5.55. The van der Waals surface area contributed by atoms with Gasteiger partial charge in [0.15, 0.2) is 0 Å². The number of nitrogens with zero attached hydrogens (tertiary/aromatic N) is 2. The first-order valence-corrected chi connectivity index (χ1v) is 6.57. The van der Waals surface area contributed by atoms with Gasteiger partial charge in [0.1, 0.15) is 0 Å².